The molecule has 1 heterocycles. The Morgan fingerprint density at radius 1 is 1.12 bits per heavy atom. The molecular weight excluding hydrogens is 306 g/mol. The van der Waals surface area contributed by atoms with Gasteiger partial charge in [0.25, 0.3) is 0 Å². The third-order valence-corrected chi connectivity index (χ3v) is 3.85. The number of carbonyl (C=O) groups excluding carboxylic acids is 2. The fraction of sp³-hybridized carbons (Fsp3) is 0.412. The molecule has 0 unspecified atom stereocenters. The van der Waals surface area contributed by atoms with Crippen molar-refractivity contribution in [2.45, 2.75) is 45.1 Å². The lowest BCUT2D eigenvalue weighted by Crippen LogP contribution is -2.36. The average Bonchev–Trinajstić information content (AvgIpc) is 3.22. The summed E-state index contributed by atoms with van der Waals surface area (Å²) in [7, 11) is 0. The first kappa shape index (κ1) is 16.2. The maximum Gasteiger partial charge on any atom is 0.316 e. The summed E-state index contributed by atoms with van der Waals surface area (Å²) in [5.74, 6) is -0.789. The lowest BCUT2D eigenvalue weighted by Gasteiger charge is -2.18. The quantitative estimate of drug-likeness (QED) is 0.751. The second kappa shape index (κ2) is 6.07. The average molecular weight is 327 g/mol. The van der Waals surface area contributed by atoms with Gasteiger partial charge in [0.15, 0.2) is 5.82 Å². The van der Waals surface area contributed by atoms with E-state index in [1.807, 2.05) is 24.3 Å². The van der Waals surface area contributed by atoms with Crippen LogP contribution in [0.5, 0.6) is 0 Å². The van der Waals surface area contributed by atoms with Crippen molar-refractivity contribution in [3.8, 4) is 11.4 Å². The Balaban J connectivity index is 1.66. The zero-order valence-corrected chi connectivity index (χ0v) is 14.0. The van der Waals surface area contributed by atoms with Crippen LogP contribution in [0.15, 0.2) is 24.3 Å². The molecule has 1 aliphatic carbocycles. The van der Waals surface area contributed by atoms with E-state index in [0.29, 0.717) is 5.82 Å². The van der Waals surface area contributed by atoms with E-state index in [1.54, 1.807) is 0 Å². The molecule has 1 saturated carbocycles. The van der Waals surface area contributed by atoms with E-state index in [9.17, 15) is 9.59 Å². The first-order valence-corrected chi connectivity index (χ1v) is 7.98. The number of rotatable bonds is 3. The maximum absolute atomic E-state index is 11.8. The molecule has 3 rings (SSSR count). The molecular formula is C17H21N5O2. The standard InChI is InChI=1S/C17H21N5O2/c1-17(2,3)11-6-4-10(5-7-11)13-19-16(22-21-13)20-15(24)14(23)18-12-8-9-12/h4-7,12H,8-9H2,1-3H3,(H,18,23)(H2,19,20,21,22,24). The normalized spacial score (nSPS) is 14.3. The number of amides is 2. The zero-order valence-electron chi connectivity index (χ0n) is 14.0. The van der Waals surface area contributed by atoms with Crippen LogP contribution in [-0.4, -0.2) is 33.0 Å². The van der Waals surface area contributed by atoms with Crippen molar-refractivity contribution in [3.05, 3.63) is 29.8 Å². The first-order valence-electron chi connectivity index (χ1n) is 7.98. The third kappa shape index (κ3) is 3.79. The van der Waals surface area contributed by atoms with E-state index in [4.69, 9.17) is 0 Å². The van der Waals surface area contributed by atoms with Crippen LogP contribution in [0.4, 0.5) is 5.95 Å². The van der Waals surface area contributed by atoms with Crippen LogP contribution in [0.1, 0.15) is 39.2 Å². The molecule has 2 amide bonds. The molecule has 1 aromatic carbocycles. The second-order valence-electron chi connectivity index (χ2n) is 7.04. The summed E-state index contributed by atoms with van der Waals surface area (Å²) in [6.07, 6.45) is 1.85. The predicted octanol–water partition coefficient (Wildman–Crippen LogP) is 1.99. The van der Waals surface area contributed by atoms with E-state index in [0.717, 1.165) is 18.4 Å². The fourth-order valence-corrected chi connectivity index (χ4v) is 2.21. The Kier molecular flexibility index (Phi) is 4.09. The van der Waals surface area contributed by atoms with E-state index in [2.05, 4.69) is 46.6 Å². The summed E-state index contributed by atoms with van der Waals surface area (Å²) in [6.45, 7) is 6.45. The van der Waals surface area contributed by atoms with E-state index in [-0.39, 0.29) is 17.4 Å². The maximum atomic E-state index is 11.8. The van der Waals surface area contributed by atoms with Gasteiger partial charge in [0.05, 0.1) is 0 Å². The molecule has 1 aliphatic rings. The summed E-state index contributed by atoms with van der Waals surface area (Å²) in [6, 6.07) is 8.12. The number of anilines is 1. The molecule has 0 spiro atoms. The molecule has 7 nitrogen and oxygen atoms in total. The van der Waals surface area contributed by atoms with Gasteiger partial charge in [-0.25, -0.2) is 0 Å². The van der Waals surface area contributed by atoms with Crippen molar-refractivity contribution in [2.75, 3.05) is 5.32 Å². The molecule has 7 heteroatoms. The minimum Gasteiger partial charge on any atom is -0.345 e. The monoisotopic (exact) mass is 327 g/mol. The number of aromatic amines is 1. The third-order valence-electron chi connectivity index (χ3n) is 3.85. The van der Waals surface area contributed by atoms with Crippen LogP contribution in [0.3, 0.4) is 0 Å². The SMILES string of the molecule is CC(C)(C)c1ccc(-c2nc(NC(=O)C(=O)NC3CC3)n[nH]2)cc1. The minimum absolute atomic E-state index is 0.0774. The number of hydrogen-bond acceptors (Lipinski definition) is 4. The van der Waals surface area contributed by atoms with Crippen molar-refractivity contribution in [1.82, 2.24) is 20.5 Å². The first-order chi connectivity index (χ1) is 11.3. The van der Waals surface area contributed by atoms with E-state index < -0.39 is 11.8 Å². The zero-order chi connectivity index (χ0) is 17.3. The molecule has 0 saturated heterocycles. The number of nitrogens with one attached hydrogen (secondary N) is 3. The Morgan fingerprint density at radius 2 is 1.79 bits per heavy atom. The van der Waals surface area contributed by atoms with Gasteiger partial charge in [-0.2, -0.15) is 4.98 Å². The molecule has 0 aliphatic heterocycles. The lowest BCUT2D eigenvalue weighted by atomic mass is 9.87. The molecule has 3 N–H and O–H groups in total. The van der Waals surface area contributed by atoms with Gasteiger partial charge < -0.3 is 5.32 Å². The van der Waals surface area contributed by atoms with Gasteiger partial charge in [-0.15, -0.1) is 5.10 Å². The fourth-order valence-electron chi connectivity index (χ4n) is 2.21. The smallest absolute Gasteiger partial charge is 0.316 e. The van der Waals surface area contributed by atoms with Gasteiger partial charge in [0.2, 0.25) is 5.95 Å². The highest BCUT2D eigenvalue weighted by molar-refractivity contribution is 6.39. The van der Waals surface area contributed by atoms with Crippen LogP contribution in [-0.2, 0) is 15.0 Å². The highest BCUT2D eigenvalue weighted by Gasteiger charge is 2.26. The summed E-state index contributed by atoms with van der Waals surface area (Å²) >= 11 is 0. The van der Waals surface area contributed by atoms with E-state index >= 15 is 0 Å². The molecule has 2 aromatic rings. The Labute approximate surface area is 140 Å². The Morgan fingerprint density at radius 3 is 2.38 bits per heavy atom. The van der Waals surface area contributed by atoms with Crippen molar-refractivity contribution >= 4 is 17.8 Å². The predicted molar refractivity (Wildman–Crippen MR) is 90.3 cm³/mol. The molecule has 0 atom stereocenters. The van der Waals surface area contributed by atoms with Gasteiger partial charge >= 0.3 is 11.8 Å². The van der Waals surface area contributed by atoms with Gasteiger partial charge in [-0.1, -0.05) is 45.0 Å². The van der Waals surface area contributed by atoms with Gasteiger partial charge in [-0.3, -0.25) is 20.0 Å². The minimum atomic E-state index is -0.754. The molecule has 1 fully saturated rings. The molecule has 0 radical (unpaired) electrons. The summed E-state index contributed by atoms with van der Waals surface area (Å²) in [5.41, 5.74) is 2.16. The summed E-state index contributed by atoms with van der Waals surface area (Å²) in [4.78, 5) is 27.6. The Bertz CT molecular complexity index is 754. The lowest BCUT2D eigenvalue weighted by molar-refractivity contribution is -0.136. The largest absolute Gasteiger partial charge is 0.345 e. The van der Waals surface area contributed by atoms with Crippen molar-refractivity contribution < 1.29 is 9.59 Å². The molecule has 24 heavy (non-hydrogen) atoms. The van der Waals surface area contributed by atoms with Gasteiger partial charge in [0.1, 0.15) is 0 Å². The topological polar surface area (TPSA) is 99.8 Å². The number of H-pyrrole nitrogens is 1. The van der Waals surface area contributed by atoms with Crippen LogP contribution in [0, 0.1) is 0 Å². The van der Waals surface area contributed by atoms with Crippen LogP contribution in [0.2, 0.25) is 0 Å². The van der Waals surface area contributed by atoms with Crippen molar-refractivity contribution in [2.24, 2.45) is 0 Å². The van der Waals surface area contributed by atoms with Gasteiger partial charge in [-0.05, 0) is 23.8 Å². The van der Waals surface area contributed by atoms with E-state index in [1.165, 1.54) is 5.56 Å². The van der Waals surface area contributed by atoms with Crippen molar-refractivity contribution in [3.63, 3.8) is 0 Å². The summed E-state index contributed by atoms with van der Waals surface area (Å²) in [5, 5.41) is 11.7. The second-order valence-corrected chi connectivity index (χ2v) is 7.04. The number of carbonyl (C=O) groups is 2. The Hall–Kier alpha value is -2.70. The number of aromatic nitrogens is 3. The molecule has 126 valence electrons. The van der Waals surface area contributed by atoms with Gasteiger partial charge in [0, 0.05) is 11.6 Å². The molecule has 0 bridgehead atoms. The van der Waals surface area contributed by atoms with Crippen LogP contribution >= 0.6 is 0 Å². The van der Waals surface area contributed by atoms with Crippen LogP contribution in [0.25, 0.3) is 11.4 Å². The molecule has 1 aromatic heterocycles. The highest BCUT2D eigenvalue weighted by Crippen LogP contribution is 2.25. The van der Waals surface area contributed by atoms with Crippen molar-refractivity contribution in [1.29, 1.82) is 0 Å². The number of benzene rings is 1. The number of nitrogens with zero attached hydrogens (tertiary/aromatic N) is 2. The van der Waals surface area contributed by atoms with Crippen LogP contribution < -0.4 is 10.6 Å². The summed E-state index contributed by atoms with van der Waals surface area (Å²) < 4.78 is 0. The highest BCUT2D eigenvalue weighted by atomic mass is 16.2. The number of hydrogen-bond donors (Lipinski definition) is 3.